The maximum Gasteiger partial charge on any atom is 0.240 e. The zero-order valence-electron chi connectivity index (χ0n) is 20.9. The highest BCUT2D eigenvalue weighted by molar-refractivity contribution is 7.89. The van der Waals surface area contributed by atoms with Crippen molar-refractivity contribution in [3.8, 4) is 0 Å². The lowest BCUT2D eigenvalue weighted by Crippen LogP contribution is -2.34. The third kappa shape index (κ3) is 5.59. The summed E-state index contributed by atoms with van der Waals surface area (Å²) in [7, 11) is -3.65. The van der Waals surface area contributed by atoms with Crippen molar-refractivity contribution < 1.29 is 18.0 Å². The molecule has 1 atom stereocenters. The highest BCUT2D eigenvalue weighted by atomic mass is 32.2. The number of fused-ring (bicyclic) bond motifs is 1. The maximum atomic E-state index is 12.9. The highest BCUT2D eigenvalue weighted by Crippen LogP contribution is 2.34. The number of anilines is 2. The summed E-state index contributed by atoms with van der Waals surface area (Å²) in [6, 6.07) is 10.9. The molecule has 2 aromatic rings. The maximum absolute atomic E-state index is 12.9. The molecule has 2 aliphatic rings. The van der Waals surface area contributed by atoms with Crippen LogP contribution >= 0.6 is 0 Å². The minimum absolute atomic E-state index is 0.0239. The van der Waals surface area contributed by atoms with Crippen molar-refractivity contribution in [3.05, 3.63) is 53.1 Å². The van der Waals surface area contributed by atoms with Gasteiger partial charge in [-0.2, -0.15) is 0 Å². The Hall–Kier alpha value is -2.71. The summed E-state index contributed by atoms with van der Waals surface area (Å²) < 4.78 is 28.7. The molecule has 0 spiro atoms. The molecule has 188 valence electrons. The van der Waals surface area contributed by atoms with Gasteiger partial charge in [0, 0.05) is 36.8 Å². The van der Waals surface area contributed by atoms with Gasteiger partial charge in [0.2, 0.25) is 21.8 Å². The van der Waals surface area contributed by atoms with Crippen molar-refractivity contribution >= 4 is 33.2 Å². The van der Waals surface area contributed by atoms with E-state index in [0.717, 1.165) is 48.2 Å². The van der Waals surface area contributed by atoms with Crippen molar-refractivity contribution in [1.29, 1.82) is 0 Å². The topological polar surface area (TPSA) is 95.6 Å². The fraction of sp³-hybridized carbons (Fsp3) is 0.481. The van der Waals surface area contributed by atoms with Crippen LogP contribution in [0.2, 0.25) is 0 Å². The number of carbonyl (C=O) groups excluding carboxylic acids is 2. The smallest absolute Gasteiger partial charge is 0.240 e. The monoisotopic (exact) mass is 497 g/mol. The molecule has 2 aromatic carbocycles. The average molecular weight is 498 g/mol. The molecule has 35 heavy (non-hydrogen) atoms. The lowest BCUT2D eigenvalue weighted by molar-refractivity contribution is -0.121. The summed E-state index contributed by atoms with van der Waals surface area (Å²) in [5.41, 5.74) is 4.83. The summed E-state index contributed by atoms with van der Waals surface area (Å²) in [6.45, 7) is 7.93. The molecule has 0 bridgehead atoms. The number of carbonyl (C=O) groups is 2. The van der Waals surface area contributed by atoms with Gasteiger partial charge in [0.1, 0.15) is 0 Å². The summed E-state index contributed by atoms with van der Waals surface area (Å²) in [5, 5.41) is 3.03. The molecule has 8 heteroatoms. The first kappa shape index (κ1) is 25.4. The van der Waals surface area contributed by atoms with E-state index in [-0.39, 0.29) is 34.6 Å². The fourth-order valence-corrected chi connectivity index (χ4v) is 6.42. The predicted molar refractivity (Wildman–Crippen MR) is 138 cm³/mol. The van der Waals surface area contributed by atoms with E-state index in [9.17, 15) is 18.0 Å². The Morgan fingerprint density at radius 2 is 1.71 bits per heavy atom. The van der Waals surface area contributed by atoms with E-state index >= 15 is 0 Å². The Bertz CT molecular complexity index is 1230. The van der Waals surface area contributed by atoms with Gasteiger partial charge in [0.25, 0.3) is 0 Å². The van der Waals surface area contributed by atoms with Crippen molar-refractivity contribution in [2.75, 3.05) is 16.8 Å². The molecule has 0 unspecified atom stereocenters. The van der Waals surface area contributed by atoms with Crippen LogP contribution in [0.25, 0.3) is 0 Å². The van der Waals surface area contributed by atoms with Gasteiger partial charge in [-0.05, 0) is 106 Å². The van der Waals surface area contributed by atoms with Gasteiger partial charge in [-0.1, -0.05) is 6.07 Å². The first-order chi connectivity index (χ1) is 16.5. The molecule has 1 aliphatic heterocycles. The minimum atomic E-state index is -3.65. The van der Waals surface area contributed by atoms with E-state index in [1.807, 2.05) is 39.0 Å². The molecule has 4 rings (SSSR count). The standard InChI is InChI=1S/C27H35N3O4S/c1-17-5-10-24(13-18(17)2)29-27(32)22-8-6-21(7-9-22)16-28-35(33,34)25-11-12-26-23(15-25)14-19(3)30(26)20(4)31/h5,10-13,15,19,21-22,28H,6-9,14,16H2,1-4H3,(H,29,32)/t19-,21?,22?/m1/s1. The molecule has 2 amide bonds. The van der Waals surface area contributed by atoms with Gasteiger partial charge in [0.15, 0.2) is 0 Å². The van der Waals surface area contributed by atoms with Crippen LogP contribution < -0.4 is 14.9 Å². The number of nitrogens with zero attached hydrogens (tertiary/aromatic N) is 1. The van der Waals surface area contributed by atoms with Gasteiger partial charge in [-0.25, -0.2) is 13.1 Å². The number of aryl methyl sites for hydroxylation is 2. The Labute approximate surface area is 208 Å². The second kappa shape index (κ2) is 10.1. The third-order valence-electron chi connectivity index (χ3n) is 7.47. The Balaban J connectivity index is 1.30. The van der Waals surface area contributed by atoms with Crippen molar-refractivity contribution in [1.82, 2.24) is 4.72 Å². The quantitative estimate of drug-likeness (QED) is 0.621. The van der Waals surface area contributed by atoms with E-state index in [4.69, 9.17) is 0 Å². The second-order valence-corrected chi connectivity index (χ2v) is 11.9. The number of nitrogens with one attached hydrogen (secondary N) is 2. The van der Waals surface area contributed by atoms with E-state index in [2.05, 4.69) is 10.0 Å². The molecule has 1 fully saturated rings. The van der Waals surface area contributed by atoms with Crippen LogP contribution in [0.3, 0.4) is 0 Å². The zero-order valence-corrected chi connectivity index (χ0v) is 21.7. The molecular formula is C27H35N3O4S. The van der Waals surface area contributed by atoms with Crippen molar-refractivity contribution in [3.63, 3.8) is 0 Å². The number of sulfonamides is 1. The summed E-state index contributed by atoms with van der Waals surface area (Å²) in [6.07, 6.45) is 3.76. The minimum Gasteiger partial charge on any atom is -0.326 e. The third-order valence-corrected chi connectivity index (χ3v) is 8.89. The normalized spacial score (nSPS) is 22.1. The molecule has 1 saturated carbocycles. The fourth-order valence-electron chi connectivity index (χ4n) is 5.26. The zero-order chi connectivity index (χ0) is 25.3. The van der Waals surface area contributed by atoms with Crippen LogP contribution in [0.4, 0.5) is 11.4 Å². The number of hydrogen-bond acceptors (Lipinski definition) is 4. The molecule has 0 saturated heterocycles. The van der Waals surface area contributed by atoms with Crippen LogP contribution in [-0.4, -0.2) is 32.8 Å². The number of hydrogen-bond donors (Lipinski definition) is 2. The SMILES string of the molecule is CC(=O)N1c2ccc(S(=O)(=O)NCC3CCC(C(=O)Nc4ccc(C)c(C)c4)CC3)cc2C[C@H]1C. The predicted octanol–water partition coefficient (Wildman–Crippen LogP) is 4.32. The molecule has 1 heterocycles. The lowest BCUT2D eigenvalue weighted by Gasteiger charge is -2.28. The Morgan fingerprint density at radius 1 is 1.00 bits per heavy atom. The second-order valence-electron chi connectivity index (χ2n) is 10.1. The van der Waals surface area contributed by atoms with E-state index in [0.29, 0.717) is 13.0 Å². The molecule has 1 aliphatic carbocycles. The van der Waals surface area contributed by atoms with Gasteiger partial charge < -0.3 is 10.2 Å². The van der Waals surface area contributed by atoms with Gasteiger partial charge in [-0.3, -0.25) is 9.59 Å². The summed E-state index contributed by atoms with van der Waals surface area (Å²) >= 11 is 0. The number of benzene rings is 2. The average Bonchev–Trinajstić information content (AvgIpc) is 3.15. The number of amides is 2. The molecular weight excluding hydrogens is 462 g/mol. The van der Waals surface area contributed by atoms with Crippen molar-refractivity contribution in [2.45, 2.75) is 70.7 Å². The Kier molecular flexibility index (Phi) is 7.33. The van der Waals surface area contributed by atoms with Crippen LogP contribution in [0.5, 0.6) is 0 Å². The Morgan fingerprint density at radius 3 is 2.37 bits per heavy atom. The van der Waals surface area contributed by atoms with Crippen LogP contribution in [-0.2, 0) is 26.0 Å². The molecule has 0 radical (unpaired) electrons. The lowest BCUT2D eigenvalue weighted by atomic mass is 9.81. The summed E-state index contributed by atoms with van der Waals surface area (Å²) in [4.78, 5) is 26.6. The van der Waals surface area contributed by atoms with E-state index in [1.54, 1.807) is 23.1 Å². The van der Waals surface area contributed by atoms with Crippen LogP contribution in [0.1, 0.15) is 56.2 Å². The first-order valence-electron chi connectivity index (χ1n) is 12.4. The van der Waals surface area contributed by atoms with Crippen molar-refractivity contribution in [2.24, 2.45) is 11.8 Å². The van der Waals surface area contributed by atoms with Crippen LogP contribution in [0, 0.1) is 25.7 Å². The van der Waals surface area contributed by atoms with E-state index in [1.165, 1.54) is 12.5 Å². The summed E-state index contributed by atoms with van der Waals surface area (Å²) in [5.74, 6) is 0.160. The highest BCUT2D eigenvalue weighted by Gasteiger charge is 2.31. The first-order valence-corrected chi connectivity index (χ1v) is 13.8. The van der Waals surface area contributed by atoms with Gasteiger partial charge in [0.05, 0.1) is 4.90 Å². The number of rotatable bonds is 6. The van der Waals surface area contributed by atoms with Gasteiger partial charge in [-0.15, -0.1) is 0 Å². The molecule has 7 nitrogen and oxygen atoms in total. The molecule has 0 aromatic heterocycles. The van der Waals surface area contributed by atoms with E-state index < -0.39 is 10.0 Å². The molecule has 2 N–H and O–H groups in total. The largest absolute Gasteiger partial charge is 0.326 e. The van der Waals surface area contributed by atoms with Crippen LogP contribution in [0.15, 0.2) is 41.3 Å². The van der Waals surface area contributed by atoms with Gasteiger partial charge >= 0.3 is 0 Å².